The molecular weight excluding hydrogens is 431 g/mol. The van der Waals surface area contributed by atoms with Crippen LogP contribution in [0.3, 0.4) is 0 Å². The van der Waals surface area contributed by atoms with Crippen molar-refractivity contribution in [1.82, 2.24) is 14.8 Å². The number of hydrogen-bond acceptors (Lipinski definition) is 3. The van der Waals surface area contributed by atoms with Crippen LogP contribution in [0.4, 0.5) is 13.2 Å². The lowest BCUT2D eigenvalue weighted by molar-refractivity contribution is -0.146. The standard InChI is InChI=1S/C25H32F3N3O2/c1-16-14-17(6-7-18(16)23(4,5)33)21(32)30-12-10-24(11-13-30)19-8-9-20(25(26,27)28)31(19)22(2,3)15-29-24/h6-9,14,29,33H,10-13,15H2,1-5H3. The number of carbonyl (C=O) groups excluding carboxylic acids is 1. The molecule has 1 aromatic heterocycles. The quantitative estimate of drug-likeness (QED) is 0.689. The summed E-state index contributed by atoms with van der Waals surface area (Å²) in [5, 5.41) is 13.8. The molecule has 1 saturated heterocycles. The molecule has 33 heavy (non-hydrogen) atoms. The molecule has 2 aromatic rings. The van der Waals surface area contributed by atoms with Crippen LogP contribution in [0.1, 0.15) is 73.4 Å². The molecule has 1 fully saturated rings. The van der Waals surface area contributed by atoms with Gasteiger partial charge in [0.25, 0.3) is 5.91 Å². The number of hydrogen-bond donors (Lipinski definition) is 2. The highest BCUT2D eigenvalue weighted by atomic mass is 19.4. The second-order valence-electron chi connectivity index (χ2n) is 10.6. The smallest absolute Gasteiger partial charge is 0.386 e. The van der Waals surface area contributed by atoms with Gasteiger partial charge in [0.05, 0.1) is 16.7 Å². The SMILES string of the molecule is Cc1cc(C(=O)N2CCC3(CC2)NCC(C)(C)n2c(C(F)(F)F)ccc23)ccc1C(C)(C)O. The first kappa shape index (κ1) is 23.8. The molecule has 0 bridgehead atoms. The molecule has 1 aromatic carbocycles. The summed E-state index contributed by atoms with van der Waals surface area (Å²) in [7, 11) is 0. The molecule has 5 nitrogen and oxygen atoms in total. The monoisotopic (exact) mass is 463 g/mol. The fraction of sp³-hybridized carbons (Fsp3) is 0.560. The molecular formula is C25H32F3N3O2. The lowest BCUT2D eigenvalue weighted by Gasteiger charge is -2.50. The number of rotatable bonds is 2. The molecule has 4 rings (SSSR count). The number of nitrogens with zero attached hydrogens (tertiary/aromatic N) is 2. The molecule has 2 aliphatic rings. The van der Waals surface area contributed by atoms with Gasteiger partial charge in [-0.25, -0.2) is 0 Å². The highest BCUT2D eigenvalue weighted by Gasteiger charge is 2.49. The Balaban J connectivity index is 1.57. The Morgan fingerprint density at radius 2 is 1.73 bits per heavy atom. The normalized spacial score (nSPS) is 20.1. The topological polar surface area (TPSA) is 57.5 Å². The summed E-state index contributed by atoms with van der Waals surface area (Å²) < 4.78 is 42.5. The van der Waals surface area contributed by atoms with Crippen LogP contribution in [-0.2, 0) is 22.9 Å². The van der Waals surface area contributed by atoms with Crippen molar-refractivity contribution in [3.05, 3.63) is 58.4 Å². The number of carbonyl (C=O) groups is 1. The van der Waals surface area contributed by atoms with Crippen molar-refractivity contribution in [2.45, 2.75) is 70.3 Å². The average molecular weight is 464 g/mol. The Bertz CT molecular complexity index is 1070. The van der Waals surface area contributed by atoms with E-state index in [4.69, 9.17) is 0 Å². The van der Waals surface area contributed by atoms with E-state index in [2.05, 4.69) is 5.32 Å². The van der Waals surface area contributed by atoms with Crippen LogP contribution in [0.15, 0.2) is 30.3 Å². The zero-order valence-corrected chi connectivity index (χ0v) is 19.8. The number of benzene rings is 1. The fourth-order valence-corrected chi connectivity index (χ4v) is 5.43. The Labute approximate surface area is 192 Å². The maximum absolute atomic E-state index is 13.7. The van der Waals surface area contributed by atoms with Crippen molar-refractivity contribution in [3.63, 3.8) is 0 Å². The van der Waals surface area contributed by atoms with E-state index < -0.39 is 28.5 Å². The van der Waals surface area contributed by atoms with Crippen molar-refractivity contribution in [3.8, 4) is 0 Å². The number of aromatic nitrogens is 1. The number of aryl methyl sites for hydroxylation is 1. The van der Waals surface area contributed by atoms with E-state index in [-0.39, 0.29) is 5.91 Å². The van der Waals surface area contributed by atoms with Crippen LogP contribution in [0.2, 0.25) is 0 Å². The predicted molar refractivity (Wildman–Crippen MR) is 120 cm³/mol. The van der Waals surface area contributed by atoms with Gasteiger partial charge in [-0.05, 0) is 82.9 Å². The molecule has 1 spiro atoms. The van der Waals surface area contributed by atoms with E-state index in [1.165, 1.54) is 10.6 Å². The second-order valence-corrected chi connectivity index (χ2v) is 10.6. The third-order valence-corrected chi connectivity index (χ3v) is 7.16. The van der Waals surface area contributed by atoms with Crippen LogP contribution >= 0.6 is 0 Å². The third-order valence-electron chi connectivity index (χ3n) is 7.16. The minimum absolute atomic E-state index is 0.0993. The van der Waals surface area contributed by atoms with E-state index in [0.717, 1.165) is 11.1 Å². The van der Waals surface area contributed by atoms with Gasteiger partial charge in [0.15, 0.2) is 0 Å². The summed E-state index contributed by atoms with van der Waals surface area (Å²) in [4.78, 5) is 14.9. The van der Waals surface area contributed by atoms with E-state index in [0.29, 0.717) is 43.7 Å². The van der Waals surface area contributed by atoms with Crippen LogP contribution < -0.4 is 5.32 Å². The van der Waals surface area contributed by atoms with Crippen molar-refractivity contribution >= 4 is 5.91 Å². The number of aliphatic hydroxyl groups is 1. The first-order valence-corrected chi connectivity index (χ1v) is 11.3. The Morgan fingerprint density at radius 3 is 2.27 bits per heavy atom. The van der Waals surface area contributed by atoms with Crippen molar-refractivity contribution < 1.29 is 23.1 Å². The minimum Gasteiger partial charge on any atom is -0.386 e. The lowest BCUT2D eigenvalue weighted by atomic mass is 9.80. The summed E-state index contributed by atoms with van der Waals surface area (Å²) in [6.07, 6.45) is -3.34. The van der Waals surface area contributed by atoms with Crippen LogP contribution in [0.25, 0.3) is 0 Å². The lowest BCUT2D eigenvalue weighted by Crippen LogP contribution is -2.61. The molecule has 2 N–H and O–H groups in total. The molecule has 0 atom stereocenters. The van der Waals surface area contributed by atoms with Gasteiger partial charge in [-0.15, -0.1) is 0 Å². The number of amides is 1. The number of alkyl halides is 3. The fourth-order valence-electron chi connectivity index (χ4n) is 5.43. The van der Waals surface area contributed by atoms with Crippen molar-refractivity contribution in [2.75, 3.05) is 19.6 Å². The number of halogens is 3. The summed E-state index contributed by atoms with van der Waals surface area (Å²) in [5.41, 5.74) is -0.0986. The molecule has 0 unspecified atom stereocenters. The van der Waals surface area contributed by atoms with Gasteiger partial charge in [-0.2, -0.15) is 13.2 Å². The van der Waals surface area contributed by atoms with E-state index >= 15 is 0 Å². The summed E-state index contributed by atoms with van der Waals surface area (Å²) >= 11 is 0. The average Bonchev–Trinajstić information content (AvgIpc) is 3.19. The van der Waals surface area contributed by atoms with Gasteiger partial charge in [0, 0.05) is 30.9 Å². The number of likely N-dealkylation sites (tertiary alicyclic amines) is 1. The second kappa shape index (κ2) is 7.60. The van der Waals surface area contributed by atoms with Gasteiger partial charge < -0.3 is 19.9 Å². The molecule has 0 saturated carbocycles. The number of piperidine rings is 1. The van der Waals surface area contributed by atoms with Gasteiger partial charge in [0.1, 0.15) is 5.69 Å². The van der Waals surface area contributed by atoms with Gasteiger partial charge >= 0.3 is 6.18 Å². The zero-order chi connectivity index (χ0) is 24.4. The van der Waals surface area contributed by atoms with Gasteiger partial charge in [-0.1, -0.05) is 6.07 Å². The Kier molecular flexibility index (Phi) is 5.49. The number of fused-ring (bicyclic) bond motifs is 2. The predicted octanol–water partition coefficient (Wildman–Crippen LogP) is 4.51. The minimum atomic E-state index is -4.42. The van der Waals surface area contributed by atoms with Crippen LogP contribution in [0, 0.1) is 6.92 Å². The number of nitrogens with one attached hydrogen (secondary N) is 1. The maximum atomic E-state index is 13.7. The molecule has 1 amide bonds. The van der Waals surface area contributed by atoms with E-state index in [9.17, 15) is 23.1 Å². The summed E-state index contributed by atoms with van der Waals surface area (Å²) in [5.74, 6) is -0.0993. The third kappa shape index (κ3) is 4.08. The molecule has 2 aliphatic heterocycles. The van der Waals surface area contributed by atoms with Crippen molar-refractivity contribution in [2.24, 2.45) is 0 Å². The van der Waals surface area contributed by atoms with Crippen LogP contribution in [0.5, 0.6) is 0 Å². The first-order valence-electron chi connectivity index (χ1n) is 11.3. The van der Waals surface area contributed by atoms with E-state index in [1.807, 2.05) is 20.8 Å². The van der Waals surface area contributed by atoms with Gasteiger partial charge in [0.2, 0.25) is 0 Å². The highest BCUT2D eigenvalue weighted by molar-refractivity contribution is 5.94. The Morgan fingerprint density at radius 1 is 1.09 bits per heavy atom. The zero-order valence-electron chi connectivity index (χ0n) is 19.8. The molecule has 180 valence electrons. The molecule has 8 heteroatoms. The highest BCUT2D eigenvalue weighted by Crippen LogP contribution is 2.44. The summed E-state index contributed by atoms with van der Waals surface area (Å²) in [6, 6.07) is 8.07. The van der Waals surface area contributed by atoms with E-state index in [1.54, 1.807) is 43.0 Å². The van der Waals surface area contributed by atoms with Gasteiger partial charge in [-0.3, -0.25) is 4.79 Å². The Hall–Kier alpha value is -2.32. The van der Waals surface area contributed by atoms with Crippen LogP contribution in [-0.4, -0.2) is 40.1 Å². The maximum Gasteiger partial charge on any atom is 0.431 e. The first-order chi connectivity index (χ1) is 15.2. The molecule has 0 aliphatic carbocycles. The summed E-state index contributed by atoms with van der Waals surface area (Å²) in [6.45, 7) is 10.2. The molecule has 0 radical (unpaired) electrons. The molecule has 3 heterocycles. The van der Waals surface area contributed by atoms with Crippen molar-refractivity contribution in [1.29, 1.82) is 0 Å². The largest absolute Gasteiger partial charge is 0.431 e.